The van der Waals surface area contributed by atoms with Crippen LogP contribution in [0.3, 0.4) is 0 Å². The van der Waals surface area contributed by atoms with E-state index in [2.05, 4.69) is 24.1 Å². The fourth-order valence-corrected chi connectivity index (χ4v) is 1.96. The Morgan fingerprint density at radius 1 is 1.44 bits per heavy atom. The number of halogens is 1. The normalized spacial score (nSPS) is 15.8. The van der Waals surface area contributed by atoms with E-state index in [-0.39, 0.29) is 0 Å². The fraction of sp³-hybridized carbons (Fsp3) is 0.643. The highest BCUT2D eigenvalue weighted by Crippen LogP contribution is 2.25. The van der Waals surface area contributed by atoms with Crippen molar-refractivity contribution in [3.63, 3.8) is 0 Å². The number of pyridine rings is 1. The number of hydrogen-bond donors (Lipinski definition) is 1. The van der Waals surface area contributed by atoms with Crippen LogP contribution in [0.15, 0.2) is 12.1 Å². The van der Waals surface area contributed by atoms with E-state index in [1.807, 2.05) is 12.1 Å². The number of nitrogens with zero attached hydrogens (tertiary/aromatic N) is 1. The van der Waals surface area contributed by atoms with Crippen LogP contribution >= 0.6 is 11.6 Å². The van der Waals surface area contributed by atoms with E-state index in [0.717, 1.165) is 25.1 Å². The second kappa shape index (κ2) is 6.39. The van der Waals surface area contributed by atoms with Gasteiger partial charge in [0, 0.05) is 12.6 Å². The minimum Gasteiger partial charge on any atom is -0.474 e. The smallest absolute Gasteiger partial charge is 0.213 e. The molecule has 1 saturated carbocycles. The summed E-state index contributed by atoms with van der Waals surface area (Å²) in [5.41, 5.74) is 0.870. The van der Waals surface area contributed by atoms with Crippen LogP contribution in [0.4, 0.5) is 0 Å². The SMILES string of the molecule is CC(C)CNCc1nc(OC2CCC2)ccc1Cl. The van der Waals surface area contributed by atoms with Crippen LogP contribution in [0.5, 0.6) is 5.88 Å². The molecule has 3 nitrogen and oxygen atoms in total. The Labute approximate surface area is 114 Å². The van der Waals surface area contributed by atoms with Crippen molar-refractivity contribution >= 4 is 11.6 Å². The molecular weight excluding hydrogens is 248 g/mol. The monoisotopic (exact) mass is 268 g/mol. The van der Waals surface area contributed by atoms with Gasteiger partial charge < -0.3 is 10.1 Å². The maximum absolute atomic E-state index is 6.14. The third kappa shape index (κ3) is 3.85. The molecule has 0 atom stereocenters. The molecule has 1 fully saturated rings. The molecular formula is C14H21ClN2O. The third-order valence-corrected chi connectivity index (χ3v) is 3.42. The van der Waals surface area contributed by atoms with E-state index in [9.17, 15) is 0 Å². The Morgan fingerprint density at radius 3 is 2.83 bits per heavy atom. The Balaban J connectivity index is 1.92. The Bertz CT molecular complexity index is 391. The van der Waals surface area contributed by atoms with E-state index in [1.54, 1.807) is 0 Å². The topological polar surface area (TPSA) is 34.2 Å². The Kier molecular flexibility index (Phi) is 4.84. The average molecular weight is 269 g/mol. The standard InChI is InChI=1S/C14H21ClN2O/c1-10(2)8-16-9-13-12(15)6-7-14(17-13)18-11-4-3-5-11/h6-7,10-11,16H,3-5,8-9H2,1-2H3. The first-order chi connectivity index (χ1) is 8.65. The molecule has 0 saturated heterocycles. The third-order valence-electron chi connectivity index (χ3n) is 3.08. The van der Waals surface area contributed by atoms with Gasteiger partial charge in [-0.2, -0.15) is 0 Å². The largest absolute Gasteiger partial charge is 0.474 e. The molecule has 1 aromatic rings. The van der Waals surface area contributed by atoms with Gasteiger partial charge in [-0.1, -0.05) is 25.4 Å². The highest BCUT2D eigenvalue weighted by Gasteiger charge is 2.19. The first-order valence-electron chi connectivity index (χ1n) is 6.68. The van der Waals surface area contributed by atoms with Crippen molar-refractivity contribution in [1.82, 2.24) is 10.3 Å². The van der Waals surface area contributed by atoms with Crippen LogP contribution in [0.2, 0.25) is 5.02 Å². The van der Waals surface area contributed by atoms with E-state index >= 15 is 0 Å². The summed E-state index contributed by atoms with van der Waals surface area (Å²) >= 11 is 6.14. The van der Waals surface area contributed by atoms with Crippen LogP contribution in [0.1, 0.15) is 38.8 Å². The fourth-order valence-electron chi connectivity index (χ4n) is 1.79. The summed E-state index contributed by atoms with van der Waals surface area (Å²) in [5.74, 6) is 1.32. The molecule has 4 heteroatoms. The Hall–Kier alpha value is -0.800. The molecule has 1 aliphatic rings. The second-order valence-corrected chi connectivity index (χ2v) is 5.68. The number of aromatic nitrogens is 1. The first kappa shape index (κ1) is 13.6. The summed E-state index contributed by atoms with van der Waals surface area (Å²) in [5, 5.41) is 4.05. The molecule has 0 radical (unpaired) electrons. The van der Waals surface area contributed by atoms with Gasteiger partial charge >= 0.3 is 0 Å². The van der Waals surface area contributed by atoms with Crippen LogP contribution < -0.4 is 10.1 Å². The molecule has 2 rings (SSSR count). The lowest BCUT2D eigenvalue weighted by Gasteiger charge is -2.25. The van der Waals surface area contributed by atoms with Crippen molar-refractivity contribution in [1.29, 1.82) is 0 Å². The zero-order valence-corrected chi connectivity index (χ0v) is 11.8. The zero-order chi connectivity index (χ0) is 13.0. The molecule has 100 valence electrons. The highest BCUT2D eigenvalue weighted by atomic mass is 35.5. The van der Waals surface area contributed by atoms with Crippen molar-refractivity contribution in [2.75, 3.05) is 6.54 Å². The van der Waals surface area contributed by atoms with E-state index in [4.69, 9.17) is 16.3 Å². The van der Waals surface area contributed by atoms with Gasteiger partial charge in [0.25, 0.3) is 0 Å². The summed E-state index contributed by atoms with van der Waals surface area (Å²) in [7, 11) is 0. The van der Waals surface area contributed by atoms with Gasteiger partial charge in [0.1, 0.15) is 6.10 Å². The average Bonchev–Trinajstić information content (AvgIpc) is 2.27. The van der Waals surface area contributed by atoms with Gasteiger partial charge in [-0.05, 0) is 37.8 Å². The number of nitrogens with one attached hydrogen (secondary N) is 1. The summed E-state index contributed by atoms with van der Waals surface area (Å²) in [6.07, 6.45) is 3.91. The molecule has 18 heavy (non-hydrogen) atoms. The van der Waals surface area contributed by atoms with Crippen molar-refractivity contribution in [2.45, 2.75) is 45.8 Å². The molecule has 1 N–H and O–H groups in total. The highest BCUT2D eigenvalue weighted by molar-refractivity contribution is 6.31. The van der Waals surface area contributed by atoms with Gasteiger partial charge in [-0.25, -0.2) is 4.98 Å². The molecule has 1 aliphatic carbocycles. The number of rotatable bonds is 6. The van der Waals surface area contributed by atoms with Crippen molar-refractivity contribution in [3.8, 4) is 5.88 Å². The lowest BCUT2D eigenvalue weighted by molar-refractivity contribution is 0.114. The van der Waals surface area contributed by atoms with E-state index < -0.39 is 0 Å². The maximum Gasteiger partial charge on any atom is 0.213 e. The minimum atomic E-state index is 0.357. The van der Waals surface area contributed by atoms with Crippen LogP contribution in [0, 0.1) is 5.92 Å². The summed E-state index contributed by atoms with van der Waals surface area (Å²) < 4.78 is 5.78. The molecule has 0 spiro atoms. The molecule has 0 unspecified atom stereocenters. The van der Waals surface area contributed by atoms with Crippen LogP contribution in [0.25, 0.3) is 0 Å². The van der Waals surface area contributed by atoms with Gasteiger partial charge in [0.15, 0.2) is 0 Å². The predicted octanol–water partition coefficient (Wildman–Crippen LogP) is 3.41. The second-order valence-electron chi connectivity index (χ2n) is 5.27. The Morgan fingerprint density at radius 2 is 2.22 bits per heavy atom. The summed E-state index contributed by atoms with van der Waals surface area (Å²) in [4.78, 5) is 4.47. The zero-order valence-electron chi connectivity index (χ0n) is 11.1. The van der Waals surface area contributed by atoms with E-state index in [1.165, 1.54) is 6.42 Å². The maximum atomic E-state index is 6.14. The van der Waals surface area contributed by atoms with Crippen molar-refractivity contribution in [2.24, 2.45) is 5.92 Å². The van der Waals surface area contributed by atoms with Crippen LogP contribution in [-0.4, -0.2) is 17.6 Å². The number of hydrogen-bond acceptors (Lipinski definition) is 3. The summed E-state index contributed by atoms with van der Waals surface area (Å²) in [6, 6.07) is 3.72. The lowest BCUT2D eigenvalue weighted by Crippen LogP contribution is -2.25. The molecule has 0 bridgehead atoms. The van der Waals surface area contributed by atoms with Crippen molar-refractivity contribution in [3.05, 3.63) is 22.8 Å². The molecule has 1 heterocycles. The van der Waals surface area contributed by atoms with Crippen LogP contribution in [-0.2, 0) is 6.54 Å². The quantitative estimate of drug-likeness (QED) is 0.859. The van der Waals surface area contributed by atoms with Gasteiger partial charge in [-0.15, -0.1) is 0 Å². The van der Waals surface area contributed by atoms with Gasteiger partial charge in [-0.3, -0.25) is 0 Å². The first-order valence-corrected chi connectivity index (χ1v) is 7.05. The molecule has 1 aromatic heterocycles. The van der Waals surface area contributed by atoms with Crippen molar-refractivity contribution < 1.29 is 4.74 Å². The lowest BCUT2D eigenvalue weighted by atomic mass is 9.96. The predicted molar refractivity (Wildman–Crippen MR) is 74.1 cm³/mol. The molecule has 0 aromatic carbocycles. The van der Waals surface area contributed by atoms with Gasteiger partial charge in [0.2, 0.25) is 5.88 Å². The summed E-state index contributed by atoms with van der Waals surface area (Å²) in [6.45, 7) is 6.01. The van der Waals surface area contributed by atoms with Gasteiger partial charge in [0.05, 0.1) is 10.7 Å². The number of ether oxygens (including phenoxy) is 1. The molecule has 0 amide bonds. The molecule has 0 aliphatic heterocycles. The van der Waals surface area contributed by atoms with E-state index in [0.29, 0.717) is 29.5 Å². The minimum absolute atomic E-state index is 0.357.